The van der Waals surface area contributed by atoms with Crippen LogP contribution >= 0.6 is 7.81 Å². The number of benzene rings is 3. The molecule has 1 aromatic heterocycles. The molecule has 0 spiro atoms. The van der Waals surface area contributed by atoms with Gasteiger partial charge in [0.2, 0.25) is 0 Å². The fraction of sp³-hybridized carbons (Fsp3) is 0.0870. The molecule has 4 rings (SSSR count). The summed E-state index contributed by atoms with van der Waals surface area (Å²) in [6.07, 6.45) is 0. The molecule has 10 heteroatoms. The third kappa shape index (κ3) is 8.26. The molecule has 0 saturated heterocycles. The topological polar surface area (TPSA) is 30.2 Å². The van der Waals surface area contributed by atoms with E-state index in [1.165, 1.54) is 27.0 Å². The van der Waals surface area contributed by atoms with Crippen molar-refractivity contribution in [2.45, 2.75) is 28.5 Å². The number of hydrogen-bond acceptors (Lipinski definition) is 2. The van der Waals surface area contributed by atoms with Crippen LogP contribution < -0.4 is 5.63 Å². The molecule has 0 fully saturated rings. The van der Waals surface area contributed by atoms with Gasteiger partial charge in [-0.2, -0.15) is 0 Å². The van der Waals surface area contributed by atoms with E-state index >= 15 is 0 Å². The summed E-state index contributed by atoms with van der Waals surface area (Å²) in [5.74, 6) is 0. The third-order valence-corrected chi connectivity index (χ3v) is 6.56. The number of rotatable bonds is 3. The molecule has 0 aliphatic heterocycles. The van der Waals surface area contributed by atoms with Gasteiger partial charge in [-0.05, 0) is 56.3 Å². The van der Waals surface area contributed by atoms with Gasteiger partial charge in [-0.1, -0.05) is 35.4 Å². The van der Waals surface area contributed by atoms with Gasteiger partial charge in [-0.25, -0.2) is 4.79 Å². The predicted octanol–water partition coefficient (Wildman–Crippen LogP) is 8.89. The van der Waals surface area contributed by atoms with E-state index in [1.54, 1.807) is 6.07 Å². The summed E-state index contributed by atoms with van der Waals surface area (Å²) in [5.41, 5.74) is 2.79. The summed E-state index contributed by atoms with van der Waals surface area (Å²) in [4.78, 5) is 15.2. The van der Waals surface area contributed by atoms with E-state index in [0.717, 1.165) is 10.3 Å². The minimum absolute atomic E-state index is 0.256. The first-order valence-electron chi connectivity index (χ1n) is 9.53. The van der Waals surface area contributed by atoms with Crippen molar-refractivity contribution in [3.05, 3.63) is 100 Å². The first-order valence-corrected chi connectivity index (χ1v) is 12.8. The zero-order valence-corrected chi connectivity index (χ0v) is 19.2. The fourth-order valence-corrected chi connectivity index (χ4v) is 4.99. The molecule has 33 heavy (non-hydrogen) atoms. The summed E-state index contributed by atoms with van der Waals surface area (Å²) in [5, 5.41) is 0.935. The number of hydrogen-bond donors (Lipinski definition) is 0. The van der Waals surface area contributed by atoms with Crippen molar-refractivity contribution in [2.75, 3.05) is 0 Å². The summed E-state index contributed by atoms with van der Waals surface area (Å²) < 4.78 is 64.6. The second kappa shape index (κ2) is 8.22. The normalized spacial score (nSPS) is 13.7. The zero-order valence-electron chi connectivity index (χ0n) is 17.4. The van der Waals surface area contributed by atoms with Crippen LogP contribution in [0.2, 0.25) is 0 Å². The van der Waals surface area contributed by atoms with Gasteiger partial charge in [0, 0.05) is 17.5 Å². The number of halogens is 6. The van der Waals surface area contributed by atoms with Gasteiger partial charge in [0.25, 0.3) is 0 Å². The Morgan fingerprint density at radius 3 is 1.48 bits per heavy atom. The van der Waals surface area contributed by atoms with Crippen LogP contribution in [0.5, 0.6) is 0 Å². The van der Waals surface area contributed by atoms with E-state index < -0.39 is 7.81 Å². The molecule has 0 saturated carbocycles. The van der Waals surface area contributed by atoms with Crippen LogP contribution in [0.15, 0.2) is 103 Å². The number of aryl methyl sites for hydroxylation is 2. The van der Waals surface area contributed by atoms with Crippen LogP contribution in [0.4, 0.5) is 25.2 Å². The Labute approximate surface area is 188 Å². The molecule has 3 aromatic carbocycles. The molecular weight excluding hydrogens is 485 g/mol. The van der Waals surface area contributed by atoms with Gasteiger partial charge >= 0.3 is 38.6 Å². The van der Waals surface area contributed by atoms with E-state index in [2.05, 4.69) is 68.4 Å². The van der Waals surface area contributed by atoms with Crippen LogP contribution in [0.1, 0.15) is 11.1 Å². The molecule has 2 nitrogen and oxygen atoms in total. The molecule has 0 amide bonds. The summed E-state index contributed by atoms with van der Waals surface area (Å²) in [6, 6.07) is 26.7. The molecule has 0 aliphatic carbocycles. The van der Waals surface area contributed by atoms with Crippen molar-refractivity contribution in [2.24, 2.45) is 0 Å². The van der Waals surface area contributed by atoms with Gasteiger partial charge in [0.15, 0.2) is 14.7 Å². The summed E-state index contributed by atoms with van der Waals surface area (Å²) in [6.45, 7) is 4.19. The fourth-order valence-electron chi connectivity index (χ4n) is 2.92. The molecule has 0 N–H and O–H groups in total. The average molecular weight is 504 g/mol. The van der Waals surface area contributed by atoms with Crippen LogP contribution in [-0.4, -0.2) is 0 Å². The Hall–Kier alpha value is -2.77. The Balaban J connectivity index is 0.000000383. The molecule has 1 heterocycles. The quantitative estimate of drug-likeness (QED) is 0.121. The van der Waals surface area contributed by atoms with Crippen molar-refractivity contribution in [1.29, 1.82) is 0 Å². The van der Waals surface area contributed by atoms with E-state index in [4.69, 9.17) is 4.42 Å². The van der Waals surface area contributed by atoms with Crippen LogP contribution in [0.25, 0.3) is 11.0 Å². The summed E-state index contributed by atoms with van der Waals surface area (Å²) >= 11 is 0. The number of fused-ring (bicyclic) bond motifs is 1. The molecule has 176 valence electrons. The predicted molar refractivity (Wildman–Crippen MR) is 121 cm³/mol. The Morgan fingerprint density at radius 2 is 1.03 bits per heavy atom. The Kier molecular flexibility index (Phi) is 6.19. The van der Waals surface area contributed by atoms with Crippen molar-refractivity contribution >= 4 is 29.7 Å². The first-order chi connectivity index (χ1) is 15.0. The molecule has 0 unspecified atom stereocenters. The van der Waals surface area contributed by atoms with E-state index in [1.807, 2.05) is 12.1 Å². The third-order valence-electron chi connectivity index (χ3n) is 4.34. The first kappa shape index (κ1) is 24.9. The van der Waals surface area contributed by atoms with Crippen molar-refractivity contribution < 1.29 is 29.6 Å². The maximum atomic E-state index is 11.6. The van der Waals surface area contributed by atoms with Gasteiger partial charge < -0.3 is 4.42 Å². The van der Waals surface area contributed by atoms with Crippen molar-refractivity contribution in [3.8, 4) is 0 Å². The maximum absolute atomic E-state index is 11.6. The standard InChI is InChI=1S/C23H19O2S.F6P/c1-16-3-9-19(10-4-16)26(20-11-5-17(2)6-12-20)21-13-7-18-8-14-23(24)25-22(18)15-21;1-7(2,3,4,5)6/h3-15H,1-2H3;/q+1;-1. The van der Waals surface area contributed by atoms with Crippen LogP contribution in [0.3, 0.4) is 0 Å². The monoisotopic (exact) mass is 504 g/mol. The van der Waals surface area contributed by atoms with Gasteiger partial charge in [0.1, 0.15) is 5.58 Å². The molecule has 0 aliphatic rings. The minimum atomic E-state index is -10.7. The van der Waals surface area contributed by atoms with Gasteiger partial charge in [-0.3, -0.25) is 0 Å². The molecule has 4 aromatic rings. The van der Waals surface area contributed by atoms with E-state index in [-0.39, 0.29) is 16.5 Å². The molecule has 0 bridgehead atoms. The summed E-state index contributed by atoms with van der Waals surface area (Å²) in [7, 11) is -10.9. The van der Waals surface area contributed by atoms with Gasteiger partial charge in [-0.15, -0.1) is 0 Å². The Bertz CT molecular complexity index is 1280. The molecule has 0 atom stereocenters. The van der Waals surface area contributed by atoms with E-state index in [0.29, 0.717) is 5.58 Å². The zero-order chi connectivity index (χ0) is 24.5. The van der Waals surface area contributed by atoms with Gasteiger partial charge in [0.05, 0.1) is 10.9 Å². The van der Waals surface area contributed by atoms with Crippen LogP contribution in [0, 0.1) is 13.8 Å². The Morgan fingerprint density at radius 1 is 0.636 bits per heavy atom. The molecule has 0 radical (unpaired) electrons. The van der Waals surface area contributed by atoms with E-state index in [9.17, 15) is 30.0 Å². The van der Waals surface area contributed by atoms with Crippen molar-refractivity contribution in [3.63, 3.8) is 0 Å². The van der Waals surface area contributed by atoms with Crippen molar-refractivity contribution in [1.82, 2.24) is 0 Å². The van der Waals surface area contributed by atoms with Crippen LogP contribution in [-0.2, 0) is 10.9 Å². The second-order valence-corrected chi connectivity index (χ2v) is 11.3. The average Bonchev–Trinajstić information content (AvgIpc) is 2.68. The molecular formula is C23H19F6O2PS. The SMILES string of the molecule is Cc1ccc([S+](c2ccc(C)cc2)c2ccc3ccc(=O)oc3c2)cc1.F[P-](F)(F)(F)(F)F. The second-order valence-electron chi connectivity index (χ2n) is 7.34.